The fourth-order valence-corrected chi connectivity index (χ4v) is 1.58. The van der Waals surface area contributed by atoms with Crippen LogP contribution in [0.15, 0.2) is 30.7 Å². The number of anilines is 1. The van der Waals surface area contributed by atoms with Crippen LogP contribution in [0.4, 0.5) is 5.69 Å². The Balaban J connectivity index is 1.81. The fourth-order valence-electron chi connectivity index (χ4n) is 1.58. The molecule has 0 saturated carbocycles. The van der Waals surface area contributed by atoms with Crippen LogP contribution in [-0.4, -0.2) is 39.6 Å². The average molecular weight is 261 g/mol. The maximum absolute atomic E-state index is 11.3. The highest BCUT2D eigenvalue weighted by atomic mass is 16.5. The largest absolute Gasteiger partial charge is 0.464 e. The van der Waals surface area contributed by atoms with Crippen molar-refractivity contribution in [3.8, 4) is 0 Å². The monoisotopic (exact) mass is 261 g/mol. The quantitative estimate of drug-likeness (QED) is 0.616. The van der Waals surface area contributed by atoms with Crippen LogP contribution in [0.2, 0.25) is 0 Å². The van der Waals surface area contributed by atoms with Gasteiger partial charge in [-0.1, -0.05) is 5.21 Å². The van der Waals surface area contributed by atoms with E-state index >= 15 is 0 Å². The minimum Gasteiger partial charge on any atom is -0.464 e. The molecule has 19 heavy (non-hydrogen) atoms. The molecule has 0 amide bonds. The van der Waals surface area contributed by atoms with Crippen LogP contribution in [0.3, 0.4) is 0 Å². The third-order valence-electron chi connectivity index (χ3n) is 2.52. The number of nitrogens with one attached hydrogen (secondary N) is 1. The molecule has 0 bridgehead atoms. The van der Waals surface area contributed by atoms with Crippen LogP contribution in [-0.2, 0) is 11.3 Å². The van der Waals surface area contributed by atoms with E-state index in [1.54, 1.807) is 23.1 Å². The highest BCUT2D eigenvalue weighted by Crippen LogP contribution is 2.08. The van der Waals surface area contributed by atoms with E-state index in [2.05, 4.69) is 25.3 Å². The van der Waals surface area contributed by atoms with Crippen LogP contribution in [0.5, 0.6) is 0 Å². The number of rotatable bonds is 6. The van der Waals surface area contributed by atoms with Gasteiger partial charge in [0.1, 0.15) is 5.69 Å². The third kappa shape index (κ3) is 3.77. The first kappa shape index (κ1) is 13.0. The van der Waals surface area contributed by atoms with Gasteiger partial charge in [-0.15, -0.1) is 5.10 Å². The van der Waals surface area contributed by atoms with Gasteiger partial charge in [-0.3, -0.25) is 4.68 Å². The number of carbonyl (C=O) groups is 1. The summed E-state index contributed by atoms with van der Waals surface area (Å²) in [6.45, 7) is 1.56. The second kappa shape index (κ2) is 6.48. The molecule has 2 aromatic rings. The molecule has 2 rings (SSSR count). The van der Waals surface area contributed by atoms with Gasteiger partial charge in [0.15, 0.2) is 0 Å². The minimum absolute atomic E-state index is 0.295. The average Bonchev–Trinajstić information content (AvgIpc) is 2.96. The predicted molar refractivity (Wildman–Crippen MR) is 68.7 cm³/mol. The normalized spacial score (nSPS) is 10.2. The summed E-state index contributed by atoms with van der Waals surface area (Å²) in [5.41, 5.74) is 1.14. The number of pyridine rings is 1. The van der Waals surface area contributed by atoms with E-state index in [1.807, 2.05) is 12.3 Å². The zero-order valence-corrected chi connectivity index (χ0v) is 10.6. The summed E-state index contributed by atoms with van der Waals surface area (Å²) in [5.74, 6) is -0.439. The Bertz CT molecular complexity index is 527. The smallest absolute Gasteiger partial charge is 0.356 e. The summed E-state index contributed by atoms with van der Waals surface area (Å²) < 4.78 is 6.39. The van der Waals surface area contributed by atoms with Gasteiger partial charge in [0.2, 0.25) is 0 Å². The highest BCUT2D eigenvalue weighted by Gasteiger charge is 2.06. The summed E-state index contributed by atoms with van der Waals surface area (Å²) >= 11 is 0. The first-order valence-corrected chi connectivity index (χ1v) is 5.92. The van der Waals surface area contributed by atoms with Crippen molar-refractivity contribution in [3.05, 3.63) is 36.4 Å². The Labute approximate surface area is 110 Å². The number of aryl methyl sites for hydroxylation is 1. The van der Waals surface area contributed by atoms with Gasteiger partial charge >= 0.3 is 5.97 Å². The predicted octanol–water partition coefficient (Wildman–Crippen LogP) is 0.962. The van der Waals surface area contributed by atoms with Gasteiger partial charge in [0, 0.05) is 31.2 Å². The highest BCUT2D eigenvalue weighted by molar-refractivity contribution is 5.88. The van der Waals surface area contributed by atoms with Crippen LogP contribution in [0.1, 0.15) is 16.9 Å². The van der Waals surface area contributed by atoms with E-state index < -0.39 is 5.97 Å². The van der Waals surface area contributed by atoms with Crippen LogP contribution in [0.25, 0.3) is 0 Å². The number of carbonyl (C=O) groups excluding carboxylic acids is 1. The molecule has 7 heteroatoms. The van der Waals surface area contributed by atoms with Gasteiger partial charge in [-0.25, -0.2) is 9.78 Å². The summed E-state index contributed by atoms with van der Waals surface area (Å²) in [6.07, 6.45) is 5.95. The summed E-state index contributed by atoms with van der Waals surface area (Å²) in [7, 11) is 1.34. The molecule has 2 heterocycles. The number of aromatic nitrogens is 4. The minimum atomic E-state index is -0.439. The maximum atomic E-state index is 11.3. The molecular formula is C12H15N5O2. The molecule has 0 atom stereocenters. The topological polar surface area (TPSA) is 81.9 Å². The Morgan fingerprint density at radius 3 is 3.11 bits per heavy atom. The first-order valence-electron chi connectivity index (χ1n) is 5.92. The lowest BCUT2D eigenvalue weighted by Crippen LogP contribution is -2.09. The van der Waals surface area contributed by atoms with Crippen molar-refractivity contribution in [2.24, 2.45) is 0 Å². The molecule has 7 nitrogen and oxygen atoms in total. The fraction of sp³-hybridized carbons (Fsp3) is 0.333. The molecular weight excluding hydrogens is 246 g/mol. The standard InChI is InChI=1S/C12H15N5O2/c1-19-12(18)11-9-10(3-5-14-11)13-4-2-7-17-8-6-15-16-17/h3,5-6,8-9H,2,4,7H2,1H3,(H,13,14). The van der Waals surface area contributed by atoms with Crippen molar-refractivity contribution in [3.63, 3.8) is 0 Å². The molecule has 0 radical (unpaired) electrons. The van der Waals surface area contributed by atoms with Crippen molar-refractivity contribution < 1.29 is 9.53 Å². The van der Waals surface area contributed by atoms with Crippen molar-refractivity contribution in [1.29, 1.82) is 0 Å². The van der Waals surface area contributed by atoms with E-state index in [0.717, 1.165) is 25.2 Å². The summed E-state index contributed by atoms with van der Waals surface area (Å²) in [5, 5.41) is 10.8. The Hall–Kier alpha value is -2.44. The number of methoxy groups -OCH3 is 1. The Morgan fingerprint density at radius 2 is 2.37 bits per heavy atom. The first-order chi connectivity index (χ1) is 9.29. The van der Waals surface area contributed by atoms with Gasteiger partial charge in [-0.2, -0.15) is 0 Å². The number of hydrogen-bond donors (Lipinski definition) is 1. The van der Waals surface area contributed by atoms with E-state index in [1.165, 1.54) is 7.11 Å². The molecule has 0 fully saturated rings. The van der Waals surface area contributed by atoms with Gasteiger partial charge < -0.3 is 10.1 Å². The lowest BCUT2D eigenvalue weighted by molar-refractivity contribution is 0.0594. The lowest BCUT2D eigenvalue weighted by Gasteiger charge is -2.07. The molecule has 0 aliphatic rings. The molecule has 0 aromatic carbocycles. The van der Waals surface area contributed by atoms with Crippen LogP contribution < -0.4 is 5.32 Å². The lowest BCUT2D eigenvalue weighted by atomic mass is 10.3. The Kier molecular flexibility index (Phi) is 4.44. The van der Waals surface area contributed by atoms with E-state index in [0.29, 0.717) is 5.69 Å². The molecule has 0 saturated heterocycles. The number of nitrogens with zero attached hydrogens (tertiary/aromatic N) is 4. The Morgan fingerprint density at radius 1 is 1.47 bits per heavy atom. The zero-order chi connectivity index (χ0) is 13.5. The van der Waals surface area contributed by atoms with Crippen molar-refractivity contribution in [1.82, 2.24) is 20.0 Å². The molecule has 0 spiro atoms. The number of hydrogen-bond acceptors (Lipinski definition) is 6. The van der Waals surface area contributed by atoms with E-state index in [-0.39, 0.29) is 0 Å². The van der Waals surface area contributed by atoms with Gasteiger partial charge in [-0.05, 0) is 18.6 Å². The van der Waals surface area contributed by atoms with Crippen molar-refractivity contribution >= 4 is 11.7 Å². The van der Waals surface area contributed by atoms with Crippen molar-refractivity contribution in [2.75, 3.05) is 19.0 Å². The van der Waals surface area contributed by atoms with Crippen molar-refractivity contribution in [2.45, 2.75) is 13.0 Å². The SMILES string of the molecule is COC(=O)c1cc(NCCCn2ccnn2)ccn1. The molecule has 0 unspecified atom stereocenters. The zero-order valence-electron chi connectivity index (χ0n) is 10.6. The van der Waals surface area contributed by atoms with Gasteiger partial charge in [0.05, 0.1) is 13.3 Å². The molecule has 1 N–H and O–H groups in total. The summed E-state index contributed by atoms with van der Waals surface area (Å²) in [4.78, 5) is 15.3. The van der Waals surface area contributed by atoms with E-state index in [9.17, 15) is 4.79 Å². The molecule has 2 aromatic heterocycles. The summed E-state index contributed by atoms with van der Waals surface area (Å²) in [6, 6.07) is 3.48. The maximum Gasteiger partial charge on any atom is 0.356 e. The van der Waals surface area contributed by atoms with Gasteiger partial charge in [0.25, 0.3) is 0 Å². The number of ether oxygens (including phenoxy) is 1. The number of esters is 1. The van der Waals surface area contributed by atoms with Crippen LogP contribution >= 0.6 is 0 Å². The molecule has 0 aliphatic heterocycles. The second-order valence-electron chi connectivity index (χ2n) is 3.87. The van der Waals surface area contributed by atoms with E-state index in [4.69, 9.17) is 0 Å². The second-order valence-corrected chi connectivity index (χ2v) is 3.87. The van der Waals surface area contributed by atoms with Crippen LogP contribution in [0, 0.1) is 0 Å². The third-order valence-corrected chi connectivity index (χ3v) is 2.52. The molecule has 0 aliphatic carbocycles. The molecule has 100 valence electrons.